The molecule has 3 rings (SSSR count). The summed E-state index contributed by atoms with van der Waals surface area (Å²) in [5.74, 6) is 0.877. The van der Waals surface area contributed by atoms with Crippen LogP contribution in [0.2, 0.25) is 0 Å². The quantitative estimate of drug-likeness (QED) is 0.746. The molecule has 0 spiro atoms. The Bertz CT molecular complexity index is 754. The lowest BCUT2D eigenvalue weighted by Gasteiger charge is -2.17. The second-order valence-corrected chi connectivity index (χ2v) is 6.43. The standard InChI is InChI=1S/C19H22N2O/c1-19(2,20)11-15-12-21-18-16(15)9-6-10-17(18)22-13-14-7-4-3-5-8-14/h3-10,12,21H,11,13,20H2,1-2H3. The lowest BCUT2D eigenvalue weighted by molar-refractivity contribution is 0.309. The fraction of sp³-hybridized carbons (Fsp3) is 0.263. The molecule has 3 aromatic rings. The summed E-state index contributed by atoms with van der Waals surface area (Å²) in [6.45, 7) is 4.65. The molecule has 114 valence electrons. The monoisotopic (exact) mass is 294 g/mol. The summed E-state index contributed by atoms with van der Waals surface area (Å²) in [4.78, 5) is 3.34. The van der Waals surface area contributed by atoms with Crippen LogP contribution in [0, 0.1) is 0 Å². The highest BCUT2D eigenvalue weighted by molar-refractivity contribution is 5.88. The van der Waals surface area contributed by atoms with Gasteiger partial charge in [0, 0.05) is 17.1 Å². The average molecular weight is 294 g/mol. The summed E-state index contributed by atoms with van der Waals surface area (Å²) in [6, 6.07) is 16.3. The van der Waals surface area contributed by atoms with Gasteiger partial charge in [0.2, 0.25) is 0 Å². The number of fused-ring (bicyclic) bond motifs is 1. The van der Waals surface area contributed by atoms with Crippen molar-refractivity contribution < 1.29 is 4.74 Å². The maximum atomic E-state index is 6.15. The molecule has 0 aliphatic carbocycles. The summed E-state index contributed by atoms with van der Waals surface area (Å²) in [5, 5.41) is 1.18. The van der Waals surface area contributed by atoms with Crippen molar-refractivity contribution in [2.24, 2.45) is 5.73 Å². The molecule has 0 saturated heterocycles. The van der Waals surface area contributed by atoms with Gasteiger partial charge in [-0.1, -0.05) is 42.5 Å². The molecule has 0 aliphatic heterocycles. The first-order valence-corrected chi connectivity index (χ1v) is 7.57. The largest absolute Gasteiger partial charge is 0.487 e. The number of aromatic nitrogens is 1. The van der Waals surface area contributed by atoms with Crippen LogP contribution in [-0.4, -0.2) is 10.5 Å². The molecule has 1 aromatic heterocycles. The third kappa shape index (κ3) is 3.31. The lowest BCUT2D eigenvalue weighted by atomic mass is 9.96. The Kier molecular flexibility index (Phi) is 3.90. The minimum atomic E-state index is -0.226. The number of H-pyrrole nitrogens is 1. The summed E-state index contributed by atoms with van der Waals surface area (Å²) in [6.07, 6.45) is 2.86. The zero-order valence-electron chi connectivity index (χ0n) is 13.1. The number of nitrogens with one attached hydrogen (secondary N) is 1. The highest BCUT2D eigenvalue weighted by Gasteiger charge is 2.16. The number of para-hydroxylation sites is 1. The molecule has 0 atom stereocenters. The zero-order valence-corrected chi connectivity index (χ0v) is 13.1. The van der Waals surface area contributed by atoms with Crippen LogP contribution in [-0.2, 0) is 13.0 Å². The van der Waals surface area contributed by atoms with Crippen LogP contribution in [0.5, 0.6) is 5.75 Å². The molecule has 1 heterocycles. The van der Waals surface area contributed by atoms with Gasteiger partial charge in [0.15, 0.2) is 0 Å². The van der Waals surface area contributed by atoms with E-state index in [1.54, 1.807) is 0 Å². The van der Waals surface area contributed by atoms with E-state index in [0.717, 1.165) is 23.3 Å². The van der Waals surface area contributed by atoms with Crippen LogP contribution in [0.1, 0.15) is 25.0 Å². The van der Waals surface area contributed by atoms with Crippen molar-refractivity contribution in [1.29, 1.82) is 0 Å². The number of rotatable bonds is 5. The third-order valence-electron chi connectivity index (χ3n) is 3.65. The molecule has 2 aromatic carbocycles. The molecule has 0 bridgehead atoms. The first kappa shape index (κ1) is 14.7. The molecular formula is C19H22N2O. The van der Waals surface area contributed by atoms with E-state index in [2.05, 4.69) is 23.2 Å². The van der Waals surface area contributed by atoms with Crippen LogP contribution in [0.25, 0.3) is 10.9 Å². The number of hydrogen-bond acceptors (Lipinski definition) is 2. The highest BCUT2D eigenvalue weighted by Crippen LogP contribution is 2.29. The minimum Gasteiger partial charge on any atom is -0.487 e. The molecule has 3 nitrogen and oxygen atoms in total. The first-order chi connectivity index (χ1) is 10.5. The van der Waals surface area contributed by atoms with Crippen LogP contribution in [0.15, 0.2) is 54.7 Å². The Morgan fingerprint density at radius 3 is 2.55 bits per heavy atom. The summed E-state index contributed by atoms with van der Waals surface area (Å²) >= 11 is 0. The van der Waals surface area contributed by atoms with Crippen LogP contribution in [0.4, 0.5) is 0 Å². The van der Waals surface area contributed by atoms with E-state index in [9.17, 15) is 0 Å². The van der Waals surface area contributed by atoms with Crippen molar-refractivity contribution in [1.82, 2.24) is 4.98 Å². The van der Waals surface area contributed by atoms with E-state index in [0.29, 0.717) is 6.61 Å². The fourth-order valence-corrected chi connectivity index (χ4v) is 2.68. The van der Waals surface area contributed by atoms with Crippen LogP contribution in [0.3, 0.4) is 0 Å². The predicted molar refractivity (Wildman–Crippen MR) is 91.0 cm³/mol. The SMILES string of the molecule is CC(C)(N)Cc1c[nH]c2c(OCc3ccccc3)cccc12. The fourth-order valence-electron chi connectivity index (χ4n) is 2.68. The Labute approximate surface area is 131 Å². The Morgan fingerprint density at radius 1 is 1.05 bits per heavy atom. The summed E-state index contributed by atoms with van der Waals surface area (Å²) in [5.41, 5.74) is 9.35. The Morgan fingerprint density at radius 2 is 1.82 bits per heavy atom. The number of nitrogens with two attached hydrogens (primary N) is 1. The maximum absolute atomic E-state index is 6.15. The van der Waals surface area contributed by atoms with Gasteiger partial charge in [-0.2, -0.15) is 0 Å². The highest BCUT2D eigenvalue weighted by atomic mass is 16.5. The molecule has 3 N–H and O–H groups in total. The van der Waals surface area contributed by atoms with Gasteiger partial charge in [-0.25, -0.2) is 0 Å². The molecule has 0 radical (unpaired) electrons. The van der Waals surface area contributed by atoms with Crippen LogP contribution < -0.4 is 10.5 Å². The molecule has 22 heavy (non-hydrogen) atoms. The zero-order chi connectivity index (χ0) is 15.6. The third-order valence-corrected chi connectivity index (χ3v) is 3.65. The van der Waals surface area contributed by atoms with E-state index in [1.807, 2.05) is 50.4 Å². The van der Waals surface area contributed by atoms with Crippen molar-refractivity contribution in [3.63, 3.8) is 0 Å². The Hall–Kier alpha value is -2.26. The van der Waals surface area contributed by atoms with Crippen molar-refractivity contribution in [2.75, 3.05) is 0 Å². The van der Waals surface area contributed by atoms with Gasteiger partial charge in [0.1, 0.15) is 12.4 Å². The van der Waals surface area contributed by atoms with E-state index in [-0.39, 0.29) is 5.54 Å². The number of aromatic amines is 1. The van der Waals surface area contributed by atoms with Gasteiger partial charge in [-0.15, -0.1) is 0 Å². The Balaban J connectivity index is 1.85. The predicted octanol–water partition coefficient (Wildman–Crippen LogP) is 4.03. The van der Waals surface area contributed by atoms with Gasteiger partial charge >= 0.3 is 0 Å². The molecule has 0 saturated carbocycles. The first-order valence-electron chi connectivity index (χ1n) is 7.57. The summed E-state index contributed by atoms with van der Waals surface area (Å²) in [7, 11) is 0. The number of ether oxygens (including phenoxy) is 1. The second-order valence-electron chi connectivity index (χ2n) is 6.43. The molecule has 0 aliphatic rings. The van der Waals surface area contributed by atoms with Crippen molar-refractivity contribution in [2.45, 2.75) is 32.4 Å². The van der Waals surface area contributed by atoms with Gasteiger partial charge in [0.25, 0.3) is 0 Å². The van der Waals surface area contributed by atoms with Crippen molar-refractivity contribution >= 4 is 10.9 Å². The van der Waals surface area contributed by atoms with E-state index in [1.165, 1.54) is 10.9 Å². The van der Waals surface area contributed by atoms with Crippen molar-refractivity contribution in [3.8, 4) is 5.75 Å². The number of benzene rings is 2. The topological polar surface area (TPSA) is 51.0 Å². The van der Waals surface area contributed by atoms with Crippen LogP contribution >= 0.6 is 0 Å². The molecule has 0 amide bonds. The smallest absolute Gasteiger partial charge is 0.143 e. The second kappa shape index (κ2) is 5.85. The minimum absolute atomic E-state index is 0.226. The number of hydrogen-bond donors (Lipinski definition) is 2. The van der Waals surface area contributed by atoms with Gasteiger partial charge < -0.3 is 15.5 Å². The van der Waals surface area contributed by atoms with Gasteiger partial charge in [-0.05, 0) is 37.5 Å². The molecule has 3 heteroatoms. The summed E-state index contributed by atoms with van der Waals surface area (Å²) < 4.78 is 5.99. The van der Waals surface area contributed by atoms with E-state index < -0.39 is 0 Å². The average Bonchev–Trinajstić information content (AvgIpc) is 2.88. The van der Waals surface area contributed by atoms with Gasteiger partial charge in [-0.3, -0.25) is 0 Å². The molecule has 0 unspecified atom stereocenters. The van der Waals surface area contributed by atoms with E-state index >= 15 is 0 Å². The molecule has 0 fully saturated rings. The normalized spacial score (nSPS) is 11.8. The maximum Gasteiger partial charge on any atom is 0.143 e. The van der Waals surface area contributed by atoms with Gasteiger partial charge in [0.05, 0.1) is 5.52 Å². The van der Waals surface area contributed by atoms with E-state index in [4.69, 9.17) is 10.5 Å². The molecular weight excluding hydrogens is 272 g/mol. The lowest BCUT2D eigenvalue weighted by Crippen LogP contribution is -2.34. The van der Waals surface area contributed by atoms with Crippen molar-refractivity contribution in [3.05, 3.63) is 65.9 Å².